The minimum Gasteiger partial charge on any atom is -0.316 e. The summed E-state index contributed by atoms with van der Waals surface area (Å²) in [7, 11) is 2.02. The maximum atomic E-state index is 3.24. The summed E-state index contributed by atoms with van der Waals surface area (Å²) in [6.07, 6.45) is 4.78. The molecule has 1 rings (SSSR count). The van der Waals surface area contributed by atoms with E-state index in [4.69, 9.17) is 0 Å². The average molecular weight is 111 g/mol. The molecule has 46 valence electrons. The molecule has 0 fully saturated rings. The molecule has 0 bridgehead atoms. The van der Waals surface area contributed by atoms with Crippen LogP contribution in [-0.4, -0.2) is 13.1 Å². The second-order valence-electron chi connectivity index (χ2n) is 2.48. The van der Waals surface area contributed by atoms with Crippen molar-refractivity contribution in [2.75, 3.05) is 7.05 Å². The molecule has 1 N–H and O–H groups in total. The Balaban J connectivity index is 2.32. The standard InChI is InChI=1S/C7H13N/c1-6-3-4-7(5-6)8-2/h3,7-8H,4-5H2,1-2H3. The second-order valence-corrected chi connectivity index (χ2v) is 2.48. The fraction of sp³-hybridized carbons (Fsp3) is 0.714. The third-order valence-corrected chi connectivity index (χ3v) is 1.73. The number of nitrogens with one attached hydrogen (secondary N) is 1. The third kappa shape index (κ3) is 1.10. The van der Waals surface area contributed by atoms with Gasteiger partial charge in [-0.1, -0.05) is 11.6 Å². The van der Waals surface area contributed by atoms with Gasteiger partial charge in [0, 0.05) is 6.04 Å². The minimum absolute atomic E-state index is 0.731. The van der Waals surface area contributed by atoms with Crippen molar-refractivity contribution >= 4 is 0 Å². The molecule has 1 heteroatoms. The van der Waals surface area contributed by atoms with Crippen molar-refractivity contribution in [1.82, 2.24) is 5.32 Å². The zero-order chi connectivity index (χ0) is 5.98. The monoisotopic (exact) mass is 111 g/mol. The van der Waals surface area contributed by atoms with Crippen LogP contribution in [0.3, 0.4) is 0 Å². The highest BCUT2D eigenvalue weighted by Crippen LogP contribution is 2.16. The normalized spacial score (nSPS) is 28.2. The van der Waals surface area contributed by atoms with Crippen LogP contribution in [0.25, 0.3) is 0 Å². The van der Waals surface area contributed by atoms with E-state index in [-0.39, 0.29) is 0 Å². The van der Waals surface area contributed by atoms with Crippen LogP contribution in [0.4, 0.5) is 0 Å². The molecule has 1 nitrogen and oxygen atoms in total. The zero-order valence-electron chi connectivity index (χ0n) is 5.57. The van der Waals surface area contributed by atoms with Gasteiger partial charge in [0.1, 0.15) is 0 Å². The molecule has 1 unspecified atom stereocenters. The predicted molar refractivity (Wildman–Crippen MR) is 35.8 cm³/mol. The number of rotatable bonds is 1. The van der Waals surface area contributed by atoms with Crippen molar-refractivity contribution in [3.63, 3.8) is 0 Å². The van der Waals surface area contributed by atoms with Crippen molar-refractivity contribution in [2.24, 2.45) is 0 Å². The summed E-state index contributed by atoms with van der Waals surface area (Å²) in [5.74, 6) is 0. The molecule has 0 aromatic rings. The van der Waals surface area contributed by atoms with Gasteiger partial charge in [-0.05, 0) is 26.8 Å². The molecular formula is C7H13N. The first kappa shape index (κ1) is 5.83. The predicted octanol–water partition coefficient (Wildman–Crippen LogP) is 1.31. The summed E-state index contributed by atoms with van der Waals surface area (Å²) < 4.78 is 0. The summed E-state index contributed by atoms with van der Waals surface area (Å²) >= 11 is 0. The van der Waals surface area contributed by atoms with Gasteiger partial charge < -0.3 is 5.32 Å². The van der Waals surface area contributed by atoms with Gasteiger partial charge in [-0.2, -0.15) is 0 Å². The summed E-state index contributed by atoms with van der Waals surface area (Å²) in [6.45, 7) is 2.19. The Morgan fingerprint density at radius 1 is 1.75 bits per heavy atom. The summed E-state index contributed by atoms with van der Waals surface area (Å²) in [4.78, 5) is 0. The van der Waals surface area contributed by atoms with E-state index in [2.05, 4.69) is 18.3 Å². The lowest BCUT2D eigenvalue weighted by molar-refractivity contribution is 0.594. The maximum Gasteiger partial charge on any atom is 0.0136 e. The first-order valence-corrected chi connectivity index (χ1v) is 3.16. The Labute approximate surface area is 50.8 Å². The summed E-state index contributed by atoms with van der Waals surface area (Å²) in [5, 5.41) is 3.24. The molecule has 8 heavy (non-hydrogen) atoms. The Kier molecular flexibility index (Phi) is 1.69. The summed E-state index contributed by atoms with van der Waals surface area (Å²) in [5.41, 5.74) is 1.53. The van der Waals surface area contributed by atoms with Crippen LogP contribution in [0, 0.1) is 0 Å². The quantitative estimate of drug-likeness (QED) is 0.503. The third-order valence-electron chi connectivity index (χ3n) is 1.73. The highest BCUT2D eigenvalue weighted by molar-refractivity contribution is 5.08. The molecular weight excluding hydrogens is 98.1 g/mol. The van der Waals surface area contributed by atoms with Crippen LogP contribution < -0.4 is 5.32 Å². The number of hydrogen-bond acceptors (Lipinski definition) is 1. The van der Waals surface area contributed by atoms with E-state index in [0.717, 1.165) is 6.04 Å². The van der Waals surface area contributed by atoms with Crippen LogP contribution in [0.2, 0.25) is 0 Å². The molecule has 0 saturated heterocycles. The smallest absolute Gasteiger partial charge is 0.0136 e. The molecule has 1 atom stereocenters. The lowest BCUT2D eigenvalue weighted by atomic mass is 10.2. The van der Waals surface area contributed by atoms with Crippen molar-refractivity contribution in [1.29, 1.82) is 0 Å². The van der Waals surface area contributed by atoms with Gasteiger partial charge in [0.2, 0.25) is 0 Å². The Morgan fingerprint density at radius 2 is 2.50 bits per heavy atom. The highest BCUT2D eigenvalue weighted by Gasteiger charge is 2.10. The van der Waals surface area contributed by atoms with Gasteiger partial charge in [0.05, 0.1) is 0 Å². The van der Waals surface area contributed by atoms with Crippen LogP contribution >= 0.6 is 0 Å². The van der Waals surface area contributed by atoms with Crippen molar-refractivity contribution in [3.05, 3.63) is 11.6 Å². The van der Waals surface area contributed by atoms with Crippen LogP contribution in [-0.2, 0) is 0 Å². The zero-order valence-corrected chi connectivity index (χ0v) is 5.57. The van der Waals surface area contributed by atoms with Crippen LogP contribution in [0.15, 0.2) is 11.6 Å². The van der Waals surface area contributed by atoms with E-state index in [1.165, 1.54) is 18.4 Å². The van der Waals surface area contributed by atoms with Crippen molar-refractivity contribution in [2.45, 2.75) is 25.8 Å². The van der Waals surface area contributed by atoms with Crippen molar-refractivity contribution < 1.29 is 0 Å². The van der Waals surface area contributed by atoms with E-state index < -0.39 is 0 Å². The Bertz CT molecular complexity index is 105. The van der Waals surface area contributed by atoms with E-state index in [1.54, 1.807) is 0 Å². The second kappa shape index (κ2) is 2.31. The average Bonchev–Trinajstić information content (AvgIpc) is 2.14. The van der Waals surface area contributed by atoms with Crippen LogP contribution in [0.1, 0.15) is 19.8 Å². The van der Waals surface area contributed by atoms with Gasteiger partial charge >= 0.3 is 0 Å². The topological polar surface area (TPSA) is 12.0 Å². The minimum atomic E-state index is 0.731. The lowest BCUT2D eigenvalue weighted by Gasteiger charge is -2.05. The summed E-state index contributed by atoms with van der Waals surface area (Å²) in [6, 6.07) is 0.731. The highest BCUT2D eigenvalue weighted by atomic mass is 14.9. The Hall–Kier alpha value is -0.300. The van der Waals surface area contributed by atoms with E-state index in [1.807, 2.05) is 7.05 Å². The van der Waals surface area contributed by atoms with Gasteiger partial charge in [0.15, 0.2) is 0 Å². The fourth-order valence-corrected chi connectivity index (χ4v) is 1.12. The van der Waals surface area contributed by atoms with Gasteiger partial charge in [0.25, 0.3) is 0 Å². The molecule has 0 aromatic carbocycles. The molecule has 0 aromatic heterocycles. The van der Waals surface area contributed by atoms with Gasteiger partial charge in [-0.15, -0.1) is 0 Å². The molecule has 0 saturated carbocycles. The molecule has 0 spiro atoms. The molecule has 1 aliphatic rings. The van der Waals surface area contributed by atoms with Gasteiger partial charge in [-0.25, -0.2) is 0 Å². The van der Waals surface area contributed by atoms with E-state index >= 15 is 0 Å². The first-order valence-electron chi connectivity index (χ1n) is 3.16. The first-order chi connectivity index (χ1) is 3.83. The largest absolute Gasteiger partial charge is 0.316 e. The molecule has 0 amide bonds. The molecule has 0 aliphatic heterocycles. The van der Waals surface area contributed by atoms with E-state index in [9.17, 15) is 0 Å². The molecule has 0 radical (unpaired) electrons. The molecule has 0 heterocycles. The van der Waals surface area contributed by atoms with Crippen molar-refractivity contribution in [3.8, 4) is 0 Å². The lowest BCUT2D eigenvalue weighted by Crippen LogP contribution is -2.21. The maximum absolute atomic E-state index is 3.24. The fourth-order valence-electron chi connectivity index (χ4n) is 1.12. The number of hydrogen-bond donors (Lipinski definition) is 1. The van der Waals surface area contributed by atoms with Gasteiger partial charge in [-0.3, -0.25) is 0 Å². The Morgan fingerprint density at radius 3 is 2.75 bits per heavy atom. The SMILES string of the molecule is CNC1CC=C(C)C1. The molecule has 1 aliphatic carbocycles. The van der Waals surface area contributed by atoms with Crippen LogP contribution in [0.5, 0.6) is 0 Å². The van der Waals surface area contributed by atoms with E-state index in [0.29, 0.717) is 0 Å².